The third-order valence-electron chi connectivity index (χ3n) is 4.07. The van der Waals surface area contributed by atoms with E-state index in [0.717, 1.165) is 18.5 Å². The Hall–Kier alpha value is -0.120. The first kappa shape index (κ1) is 12.3. The first-order valence-corrected chi connectivity index (χ1v) is 6.81. The second-order valence-electron chi connectivity index (χ2n) is 5.21. The molecule has 16 heavy (non-hydrogen) atoms. The van der Waals surface area contributed by atoms with Crippen LogP contribution in [0.2, 0.25) is 0 Å². The van der Waals surface area contributed by atoms with Gasteiger partial charge in [0.2, 0.25) is 0 Å². The largest absolute Gasteiger partial charge is 0.389 e. The minimum Gasteiger partial charge on any atom is -0.389 e. The molecule has 0 spiro atoms. The van der Waals surface area contributed by atoms with Crippen LogP contribution in [0.4, 0.5) is 0 Å². The van der Waals surface area contributed by atoms with Gasteiger partial charge in [-0.1, -0.05) is 6.42 Å². The average Bonchev–Trinajstić information content (AvgIpc) is 2.75. The van der Waals surface area contributed by atoms with Gasteiger partial charge in [0.05, 0.1) is 12.7 Å². The molecule has 3 heteroatoms. The van der Waals surface area contributed by atoms with Crippen molar-refractivity contribution in [3.63, 3.8) is 0 Å². The van der Waals surface area contributed by atoms with Crippen molar-refractivity contribution in [3.8, 4) is 0 Å². The van der Waals surface area contributed by atoms with Crippen molar-refractivity contribution in [1.29, 1.82) is 0 Å². The van der Waals surface area contributed by atoms with Gasteiger partial charge in [0.1, 0.15) is 0 Å². The molecule has 0 radical (unpaired) electrons. The highest BCUT2D eigenvalue weighted by atomic mass is 16.5. The lowest BCUT2D eigenvalue weighted by Gasteiger charge is -2.38. The molecule has 0 bridgehead atoms. The van der Waals surface area contributed by atoms with E-state index in [1.165, 1.54) is 38.6 Å². The molecule has 1 aliphatic heterocycles. The molecule has 0 aromatic rings. The van der Waals surface area contributed by atoms with Gasteiger partial charge in [-0.15, -0.1) is 0 Å². The van der Waals surface area contributed by atoms with Gasteiger partial charge in [0.15, 0.2) is 0 Å². The molecule has 0 amide bonds. The Balaban J connectivity index is 1.79. The summed E-state index contributed by atoms with van der Waals surface area (Å²) in [6.07, 6.45) is 6.53. The molecule has 1 saturated heterocycles. The molecule has 2 rings (SSSR count). The predicted octanol–water partition coefficient (Wildman–Crippen LogP) is 1.65. The van der Waals surface area contributed by atoms with Crippen LogP contribution in [0.5, 0.6) is 0 Å². The number of fused-ring (bicyclic) bond motifs is 1. The zero-order valence-corrected chi connectivity index (χ0v) is 10.4. The van der Waals surface area contributed by atoms with Crippen LogP contribution >= 0.6 is 0 Å². The van der Waals surface area contributed by atoms with E-state index < -0.39 is 0 Å². The van der Waals surface area contributed by atoms with E-state index in [1.54, 1.807) is 0 Å². The zero-order chi connectivity index (χ0) is 11.4. The molecule has 94 valence electrons. The standard InChI is InChI=1S/C13H25NO2/c1-2-16-10-12(15)9-14-8-4-6-11-5-3-7-13(11)14/h11-13,15H,2-10H2,1H3. The lowest BCUT2D eigenvalue weighted by atomic mass is 9.92. The first-order chi connectivity index (χ1) is 7.81. The summed E-state index contributed by atoms with van der Waals surface area (Å²) < 4.78 is 5.27. The topological polar surface area (TPSA) is 32.7 Å². The SMILES string of the molecule is CCOCC(O)CN1CCCC2CCCC21. The number of aliphatic hydroxyl groups excluding tert-OH is 1. The van der Waals surface area contributed by atoms with Gasteiger partial charge >= 0.3 is 0 Å². The van der Waals surface area contributed by atoms with Crippen LogP contribution in [0.25, 0.3) is 0 Å². The Morgan fingerprint density at radius 1 is 1.31 bits per heavy atom. The molecule has 2 aliphatic rings. The highest BCUT2D eigenvalue weighted by molar-refractivity contribution is 4.89. The number of ether oxygens (including phenoxy) is 1. The summed E-state index contributed by atoms with van der Waals surface area (Å²) in [5.74, 6) is 0.910. The molecule has 2 fully saturated rings. The fraction of sp³-hybridized carbons (Fsp3) is 1.00. The molecule has 1 heterocycles. The minimum atomic E-state index is -0.306. The van der Waals surface area contributed by atoms with Crippen molar-refractivity contribution >= 4 is 0 Å². The van der Waals surface area contributed by atoms with Crippen molar-refractivity contribution < 1.29 is 9.84 Å². The van der Waals surface area contributed by atoms with Crippen LogP contribution < -0.4 is 0 Å². The van der Waals surface area contributed by atoms with Gasteiger partial charge in [-0.2, -0.15) is 0 Å². The van der Waals surface area contributed by atoms with E-state index in [4.69, 9.17) is 4.74 Å². The highest BCUT2D eigenvalue weighted by Crippen LogP contribution is 2.36. The van der Waals surface area contributed by atoms with E-state index in [0.29, 0.717) is 13.2 Å². The molecule has 1 aliphatic carbocycles. The monoisotopic (exact) mass is 227 g/mol. The summed E-state index contributed by atoms with van der Waals surface area (Å²) in [4.78, 5) is 2.50. The number of hydrogen-bond donors (Lipinski definition) is 1. The number of nitrogens with zero attached hydrogens (tertiary/aromatic N) is 1. The van der Waals surface area contributed by atoms with Crippen molar-refractivity contribution in [2.24, 2.45) is 5.92 Å². The fourth-order valence-electron chi connectivity index (χ4n) is 3.36. The Bertz CT molecular complexity index is 210. The molecule has 3 nitrogen and oxygen atoms in total. The molecule has 0 aromatic heterocycles. The molecular formula is C13H25NO2. The van der Waals surface area contributed by atoms with Crippen LogP contribution in [-0.4, -0.2) is 48.5 Å². The van der Waals surface area contributed by atoms with Gasteiger partial charge in [-0.05, 0) is 45.1 Å². The molecule has 1 N–H and O–H groups in total. The zero-order valence-electron chi connectivity index (χ0n) is 10.4. The molecular weight excluding hydrogens is 202 g/mol. The minimum absolute atomic E-state index is 0.306. The molecule has 3 atom stereocenters. The molecule has 3 unspecified atom stereocenters. The van der Waals surface area contributed by atoms with Gasteiger partial charge in [0.25, 0.3) is 0 Å². The third kappa shape index (κ3) is 2.96. The number of rotatable bonds is 5. The van der Waals surface area contributed by atoms with Crippen molar-refractivity contribution in [1.82, 2.24) is 4.90 Å². The van der Waals surface area contributed by atoms with Crippen LogP contribution in [0, 0.1) is 5.92 Å². The van der Waals surface area contributed by atoms with Gasteiger partial charge in [-0.3, -0.25) is 4.90 Å². The van der Waals surface area contributed by atoms with Crippen LogP contribution in [-0.2, 0) is 4.74 Å². The van der Waals surface area contributed by atoms with Crippen molar-refractivity contribution in [2.45, 2.75) is 51.2 Å². The number of likely N-dealkylation sites (tertiary alicyclic amines) is 1. The Kier molecular flexibility index (Phi) is 4.62. The average molecular weight is 227 g/mol. The summed E-state index contributed by atoms with van der Waals surface area (Å²) in [5.41, 5.74) is 0. The number of piperidine rings is 1. The lowest BCUT2D eigenvalue weighted by Crippen LogP contribution is -2.46. The molecule has 0 aromatic carbocycles. The summed E-state index contributed by atoms with van der Waals surface area (Å²) >= 11 is 0. The second kappa shape index (κ2) is 5.99. The van der Waals surface area contributed by atoms with Gasteiger partial charge in [-0.25, -0.2) is 0 Å². The Morgan fingerprint density at radius 3 is 2.94 bits per heavy atom. The Morgan fingerprint density at radius 2 is 2.12 bits per heavy atom. The predicted molar refractivity (Wildman–Crippen MR) is 64.4 cm³/mol. The third-order valence-corrected chi connectivity index (χ3v) is 4.07. The van der Waals surface area contributed by atoms with E-state index in [9.17, 15) is 5.11 Å². The quantitative estimate of drug-likeness (QED) is 0.775. The van der Waals surface area contributed by atoms with E-state index >= 15 is 0 Å². The second-order valence-corrected chi connectivity index (χ2v) is 5.21. The fourth-order valence-corrected chi connectivity index (χ4v) is 3.36. The lowest BCUT2D eigenvalue weighted by molar-refractivity contribution is -0.000568. The smallest absolute Gasteiger partial charge is 0.0900 e. The summed E-state index contributed by atoms with van der Waals surface area (Å²) in [6.45, 7) is 5.14. The van der Waals surface area contributed by atoms with Crippen LogP contribution in [0.3, 0.4) is 0 Å². The van der Waals surface area contributed by atoms with Gasteiger partial charge in [0, 0.05) is 19.2 Å². The number of β-amino-alcohol motifs (C(OH)–C–C–N with tert-alkyl or cyclic N) is 1. The maximum atomic E-state index is 9.89. The summed E-state index contributed by atoms with van der Waals surface area (Å²) in [5, 5.41) is 9.89. The molecule has 1 saturated carbocycles. The normalized spacial score (nSPS) is 32.6. The first-order valence-electron chi connectivity index (χ1n) is 6.81. The highest BCUT2D eigenvalue weighted by Gasteiger charge is 2.35. The van der Waals surface area contributed by atoms with E-state index in [1.807, 2.05) is 6.92 Å². The Labute approximate surface area is 98.8 Å². The number of aliphatic hydroxyl groups is 1. The van der Waals surface area contributed by atoms with E-state index in [2.05, 4.69) is 4.90 Å². The maximum absolute atomic E-state index is 9.89. The number of hydrogen-bond acceptors (Lipinski definition) is 3. The van der Waals surface area contributed by atoms with E-state index in [-0.39, 0.29) is 6.10 Å². The van der Waals surface area contributed by atoms with Crippen molar-refractivity contribution in [3.05, 3.63) is 0 Å². The maximum Gasteiger partial charge on any atom is 0.0900 e. The van der Waals surface area contributed by atoms with Gasteiger partial charge < -0.3 is 9.84 Å². The van der Waals surface area contributed by atoms with Crippen LogP contribution in [0.1, 0.15) is 39.0 Å². The summed E-state index contributed by atoms with van der Waals surface area (Å²) in [7, 11) is 0. The van der Waals surface area contributed by atoms with Crippen molar-refractivity contribution in [2.75, 3.05) is 26.3 Å². The summed E-state index contributed by atoms with van der Waals surface area (Å²) in [6, 6.07) is 0.755. The van der Waals surface area contributed by atoms with Crippen LogP contribution in [0.15, 0.2) is 0 Å².